The molecule has 1 unspecified atom stereocenters. The molecular formula is C26H39FN4O. The molecule has 32 heavy (non-hydrogen) atoms. The minimum absolute atomic E-state index is 0.0867. The maximum Gasteiger partial charge on any atom is 0.127 e. The number of aromatic nitrogens is 2. The predicted octanol–water partition coefficient (Wildman–Crippen LogP) is 4.63. The van der Waals surface area contributed by atoms with Crippen molar-refractivity contribution in [3.63, 3.8) is 0 Å². The van der Waals surface area contributed by atoms with Gasteiger partial charge in [-0.25, -0.2) is 4.39 Å². The lowest BCUT2D eigenvalue weighted by Gasteiger charge is -2.35. The molecule has 4 rings (SSSR count). The summed E-state index contributed by atoms with van der Waals surface area (Å²) in [4.78, 5) is 5.01. The number of benzene rings is 1. The quantitative estimate of drug-likeness (QED) is 0.537. The van der Waals surface area contributed by atoms with E-state index in [0.717, 1.165) is 70.1 Å². The van der Waals surface area contributed by atoms with E-state index in [1.54, 1.807) is 12.1 Å². The lowest BCUT2D eigenvalue weighted by Crippen LogP contribution is -2.40. The fraction of sp³-hybridized carbons (Fsp3) is 0.654. The first kappa shape index (κ1) is 23.4. The zero-order valence-electron chi connectivity index (χ0n) is 19.8. The third-order valence-corrected chi connectivity index (χ3v) is 6.96. The summed E-state index contributed by atoms with van der Waals surface area (Å²) < 4.78 is 22.1. The fourth-order valence-electron chi connectivity index (χ4n) is 5.14. The highest BCUT2D eigenvalue weighted by molar-refractivity contribution is 5.17. The van der Waals surface area contributed by atoms with Crippen LogP contribution in [-0.4, -0.2) is 58.5 Å². The van der Waals surface area contributed by atoms with Gasteiger partial charge in [0.05, 0.1) is 11.8 Å². The highest BCUT2D eigenvalue weighted by Crippen LogP contribution is 2.24. The Morgan fingerprint density at radius 2 is 1.94 bits per heavy atom. The minimum Gasteiger partial charge on any atom is -0.377 e. The van der Waals surface area contributed by atoms with Crippen molar-refractivity contribution in [1.29, 1.82) is 0 Å². The van der Waals surface area contributed by atoms with Gasteiger partial charge in [0.1, 0.15) is 5.82 Å². The standard InChI is InChI=1S/C26H39FN4O/c1-3-12-31-19-24(21(2)28-31)18-30(20-25-8-6-15-32-25)16-22-10-13-29(14-11-22)17-23-7-4-5-9-26(23)27/h4-5,7,9,19,22,25H,3,6,8,10-18,20H2,1-2H3. The summed E-state index contributed by atoms with van der Waals surface area (Å²) in [5, 5.41) is 4.71. The van der Waals surface area contributed by atoms with Crippen LogP contribution in [0, 0.1) is 18.7 Å². The van der Waals surface area contributed by atoms with Crippen LogP contribution < -0.4 is 0 Å². The molecule has 176 valence electrons. The molecule has 6 heteroatoms. The molecule has 0 aliphatic carbocycles. The van der Waals surface area contributed by atoms with Gasteiger partial charge in [0, 0.05) is 56.7 Å². The summed E-state index contributed by atoms with van der Waals surface area (Å²) in [6, 6.07) is 7.17. The summed E-state index contributed by atoms with van der Waals surface area (Å²) in [5.41, 5.74) is 3.30. The molecule has 0 N–H and O–H groups in total. The van der Waals surface area contributed by atoms with E-state index in [9.17, 15) is 4.39 Å². The van der Waals surface area contributed by atoms with Crippen molar-refractivity contribution in [2.24, 2.45) is 5.92 Å². The van der Waals surface area contributed by atoms with Crippen molar-refractivity contribution in [3.05, 3.63) is 53.1 Å². The van der Waals surface area contributed by atoms with E-state index >= 15 is 0 Å². The van der Waals surface area contributed by atoms with E-state index in [0.29, 0.717) is 12.0 Å². The van der Waals surface area contributed by atoms with E-state index in [2.05, 4.69) is 34.5 Å². The van der Waals surface area contributed by atoms with Gasteiger partial charge < -0.3 is 4.74 Å². The third-order valence-electron chi connectivity index (χ3n) is 6.96. The van der Waals surface area contributed by atoms with Crippen molar-refractivity contribution < 1.29 is 9.13 Å². The van der Waals surface area contributed by atoms with Crippen LogP contribution in [0.25, 0.3) is 0 Å². The van der Waals surface area contributed by atoms with E-state index in [1.165, 1.54) is 31.2 Å². The minimum atomic E-state index is -0.0867. The molecule has 1 aromatic carbocycles. The second-order valence-corrected chi connectivity index (χ2v) is 9.64. The number of hydrogen-bond acceptors (Lipinski definition) is 4. The second kappa shape index (κ2) is 11.4. The Morgan fingerprint density at radius 1 is 1.12 bits per heavy atom. The molecule has 0 spiro atoms. The normalized spacial score (nSPS) is 20.4. The van der Waals surface area contributed by atoms with Gasteiger partial charge in [0.25, 0.3) is 0 Å². The van der Waals surface area contributed by atoms with Crippen LogP contribution in [0.15, 0.2) is 30.5 Å². The van der Waals surface area contributed by atoms with E-state index in [4.69, 9.17) is 9.84 Å². The Bertz CT molecular complexity index is 840. The van der Waals surface area contributed by atoms with Gasteiger partial charge in [-0.3, -0.25) is 14.5 Å². The van der Waals surface area contributed by atoms with E-state index < -0.39 is 0 Å². The molecule has 3 heterocycles. The topological polar surface area (TPSA) is 33.5 Å². The van der Waals surface area contributed by atoms with Gasteiger partial charge in [-0.2, -0.15) is 5.10 Å². The molecule has 0 amide bonds. The lowest BCUT2D eigenvalue weighted by molar-refractivity contribution is 0.0568. The zero-order chi connectivity index (χ0) is 22.3. The molecule has 2 saturated heterocycles. The monoisotopic (exact) mass is 442 g/mol. The van der Waals surface area contributed by atoms with Crippen molar-refractivity contribution in [2.45, 2.75) is 71.7 Å². The zero-order valence-corrected chi connectivity index (χ0v) is 19.8. The van der Waals surface area contributed by atoms with E-state index in [-0.39, 0.29) is 5.82 Å². The van der Waals surface area contributed by atoms with Gasteiger partial charge in [-0.1, -0.05) is 25.1 Å². The maximum absolute atomic E-state index is 14.0. The number of rotatable bonds is 10. The molecule has 1 atom stereocenters. The Morgan fingerprint density at radius 3 is 2.66 bits per heavy atom. The summed E-state index contributed by atoms with van der Waals surface area (Å²) in [6.45, 7) is 12.1. The van der Waals surface area contributed by atoms with Gasteiger partial charge in [0.15, 0.2) is 0 Å². The van der Waals surface area contributed by atoms with Crippen LogP contribution in [-0.2, 0) is 24.4 Å². The summed E-state index contributed by atoms with van der Waals surface area (Å²) in [5.74, 6) is 0.593. The van der Waals surface area contributed by atoms with Crippen LogP contribution in [0.3, 0.4) is 0 Å². The van der Waals surface area contributed by atoms with Gasteiger partial charge in [-0.05, 0) is 64.1 Å². The van der Waals surface area contributed by atoms with Crippen LogP contribution in [0.4, 0.5) is 4.39 Å². The molecule has 2 aliphatic rings. The highest BCUT2D eigenvalue weighted by Gasteiger charge is 2.25. The molecule has 0 saturated carbocycles. The highest BCUT2D eigenvalue weighted by atomic mass is 19.1. The number of piperidine rings is 1. The average molecular weight is 443 g/mol. The number of ether oxygens (including phenoxy) is 1. The van der Waals surface area contributed by atoms with Crippen LogP contribution in [0.2, 0.25) is 0 Å². The van der Waals surface area contributed by atoms with Crippen LogP contribution >= 0.6 is 0 Å². The van der Waals surface area contributed by atoms with Crippen molar-refractivity contribution in [1.82, 2.24) is 19.6 Å². The first-order valence-corrected chi connectivity index (χ1v) is 12.4. The summed E-state index contributed by atoms with van der Waals surface area (Å²) in [6.07, 6.45) is 8.40. The second-order valence-electron chi connectivity index (χ2n) is 9.64. The van der Waals surface area contributed by atoms with Crippen LogP contribution in [0.1, 0.15) is 55.8 Å². The molecule has 2 fully saturated rings. The molecule has 2 aliphatic heterocycles. The summed E-state index contributed by atoms with van der Waals surface area (Å²) in [7, 11) is 0. The first-order chi connectivity index (χ1) is 15.6. The molecule has 0 radical (unpaired) electrons. The average Bonchev–Trinajstić information content (AvgIpc) is 3.41. The lowest BCUT2D eigenvalue weighted by atomic mass is 9.95. The fourth-order valence-corrected chi connectivity index (χ4v) is 5.14. The first-order valence-electron chi connectivity index (χ1n) is 12.4. The van der Waals surface area contributed by atoms with Gasteiger partial charge in [0.2, 0.25) is 0 Å². The van der Waals surface area contributed by atoms with Gasteiger partial charge in [-0.15, -0.1) is 0 Å². The Balaban J connectivity index is 1.33. The van der Waals surface area contributed by atoms with Crippen molar-refractivity contribution in [2.75, 3.05) is 32.8 Å². The largest absolute Gasteiger partial charge is 0.377 e. The number of aryl methyl sites for hydroxylation is 2. The third kappa shape index (κ3) is 6.40. The Labute approximate surface area is 192 Å². The predicted molar refractivity (Wildman–Crippen MR) is 126 cm³/mol. The van der Waals surface area contributed by atoms with Crippen LogP contribution in [0.5, 0.6) is 0 Å². The Hall–Kier alpha value is -1.76. The molecule has 2 aromatic rings. The number of likely N-dealkylation sites (tertiary alicyclic amines) is 1. The van der Waals surface area contributed by atoms with E-state index in [1.807, 2.05) is 12.1 Å². The van der Waals surface area contributed by atoms with Crippen molar-refractivity contribution in [3.8, 4) is 0 Å². The molecule has 0 bridgehead atoms. The number of hydrogen-bond donors (Lipinski definition) is 0. The Kier molecular flexibility index (Phi) is 8.33. The maximum atomic E-state index is 14.0. The number of nitrogens with zero attached hydrogens (tertiary/aromatic N) is 4. The smallest absolute Gasteiger partial charge is 0.127 e. The van der Waals surface area contributed by atoms with Gasteiger partial charge >= 0.3 is 0 Å². The van der Waals surface area contributed by atoms with Crippen molar-refractivity contribution >= 4 is 0 Å². The number of halogens is 1. The molecular weight excluding hydrogens is 403 g/mol. The summed E-state index contributed by atoms with van der Waals surface area (Å²) >= 11 is 0. The molecule has 5 nitrogen and oxygen atoms in total. The SMILES string of the molecule is CCCn1cc(CN(CC2CCN(Cc3ccccc3F)CC2)CC2CCCO2)c(C)n1. The molecule has 1 aromatic heterocycles.